The number of hydrazine groups is 1. The molecule has 1 aliphatic heterocycles. The molecule has 2 amide bonds. The minimum atomic E-state index is -0.132. The van der Waals surface area contributed by atoms with Crippen LogP contribution in [0.1, 0.15) is 70.5 Å². The van der Waals surface area contributed by atoms with Gasteiger partial charge in [0.15, 0.2) is 5.01 Å². The van der Waals surface area contributed by atoms with Crippen molar-refractivity contribution in [3.05, 3.63) is 45.4 Å². The second-order valence-corrected chi connectivity index (χ2v) is 9.42. The lowest BCUT2D eigenvalue weighted by Gasteiger charge is -2.41. The Hall–Kier alpha value is -2.25. The highest BCUT2D eigenvalue weighted by Gasteiger charge is 2.40. The summed E-state index contributed by atoms with van der Waals surface area (Å²) in [5, 5.41) is 3.54. The maximum atomic E-state index is 12.6. The summed E-state index contributed by atoms with van der Waals surface area (Å²) in [4.78, 5) is 30.6. The zero-order chi connectivity index (χ0) is 19.8. The zero-order valence-corrected chi connectivity index (χ0v) is 17.2. The first kappa shape index (κ1) is 18.8. The number of rotatable bonds is 3. The van der Waals surface area contributed by atoms with E-state index >= 15 is 0 Å². The highest BCUT2D eigenvalue weighted by molar-refractivity contribution is 7.13. The third-order valence-corrected chi connectivity index (χ3v) is 7.66. The Balaban J connectivity index is 1.28. The number of nitrogens with one attached hydrogen (secondary N) is 3. The molecule has 152 valence electrons. The molecule has 3 aliphatic rings. The van der Waals surface area contributed by atoms with Gasteiger partial charge in [-0.3, -0.25) is 15.0 Å². The van der Waals surface area contributed by atoms with Crippen LogP contribution in [-0.4, -0.2) is 16.8 Å². The molecular weight excluding hydrogens is 384 g/mol. The molecule has 2 fully saturated rings. The Morgan fingerprint density at radius 2 is 1.86 bits per heavy atom. The number of hydrogen-bond donors (Lipinski definition) is 3. The monoisotopic (exact) mass is 410 g/mol. The van der Waals surface area contributed by atoms with Gasteiger partial charge >= 0.3 is 0 Å². The summed E-state index contributed by atoms with van der Waals surface area (Å²) in [7, 11) is 0. The van der Waals surface area contributed by atoms with E-state index in [2.05, 4.69) is 21.2 Å². The van der Waals surface area contributed by atoms with E-state index in [-0.39, 0.29) is 23.8 Å². The molecule has 1 saturated heterocycles. The van der Waals surface area contributed by atoms with Gasteiger partial charge in [0, 0.05) is 16.5 Å². The fourth-order valence-electron chi connectivity index (χ4n) is 4.97. The fourth-order valence-corrected chi connectivity index (χ4v) is 6.02. The Morgan fingerprint density at radius 1 is 1.07 bits per heavy atom. The van der Waals surface area contributed by atoms with Crippen LogP contribution in [0.15, 0.2) is 24.3 Å². The predicted octanol–water partition coefficient (Wildman–Crippen LogP) is 3.76. The number of aromatic nitrogens is 1. The molecule has 2 heterocycles. The Kier molecular flexibility index (Phi) is 5.09. The molecule has 3 N–H and O–H groups in total. The number of thiazole rings is 1. The van der Waals surface area contributed by atoms with Crippen LogP contribution in [0.4, 0.5) is 5.69 Å². The first-order valence-corrected chi connectivity index (χ1v) is 11.5. The maximum absolute atomic E-state index is 12.6. The second kappa shape index (κ2) is 7.88. The first-order chi connectivity index (χ1) is 14.2. The van der Waals surface area contributed by atoms with Crippen LogP contribution >= 0.6 is 11.3 Å². The van der Waals surface area contributed by atoms with Crippen molar-refractivity contribution in [1.82, 2.24) is 15.8 Å². The van der Waals surface area contributed by atoms with Crippen molar-refractivity contribution in [2.75, 3.05) is 5.32 Å². The number of carbonyl (C=O) groups is 2. The molecule has 0 radical (unpaired) electrons. The van der Waals surface area contributed by atoms with E-state index in [9.17, 15) is 9.59 Å². The van der Waals surface area contributed by atoms with Crippen molar-refractivity contribution >= 4 is 28.8 Å². The summed E-state index contributed by atoms with van der Waals surface area (Å²) in [5.41, 5.74) is 9.08. The van der Waals surface area contributed by atoms with Crippen molar-refractivity contribution in [2.45, 2.75) is 57.4 Å². The number of amides is 2. The van der Waals surface area contributed by atoms with Crippen molar-refractivity contribution in [2.24, 2.45) is 11.8 Å². The molecular formula is C22H26N4O2S. The molecule has 1 saturated carbocycles. The van der Waals surface area contributed by atoms with Gasteiger partial charge in [0.2, 0.25) is 5.91 Å². The summed E-state index contributed by atoms with van der Waals surface area (Å²) >= 11 is 1.53. The number of carbonyl (C=O) groups excluding carboxylic acids is 2. The quantitative estimate of drug-likeness (QED) is 0.720. The molecule has 3 unspecified atom stereocenters. The molecule has 5 rings (SSSR count). The van der Waals surface area contributed by atoms with Gasteiger partial charge < -0.3 is 5.32 Å². The summed E-state index contributed by atoms with van der Waals surface area (Å²) < 4.78 is 0. The summed E-state index contributed by atoms with van der Waals surface area (Å²) in [5.74, 6) is 0.429. The van der Waals surface area contributed by atoms with Gasteiger partial charge in [0.05, 0.1) is 11.7 Å². The number of nitrogens with zero attached hydrogens (tertiary/aromatic N) is 1. The van der Waals surface area contributed by atoms with E-state index in [1.54, 1.807) is 0 Å². The lowest BCUT2D eigenvalue weighted by Crippen LogP contribution is -2.55. The molecule has 3 atom stereocenters. The van der Waals surface area contributed by atoms with Crippen LogP contribution in [-0.2, 0) is 17.6 Å². The third-order valence-electron chi connectivity index (χ3n) is 6.50. The van der Waals surface area contributed by atoms with E-state index in [1.807, 2.05) is 24.3 Å². The molecule has 0 spiro atoms. The summed E-state index contributed by atoms with van der Waals surface area (Å²) in [6.07, 6.45) is 8.74. The molecule has 0 bridgehead atoms. The maximum Gasteiger partial charge on any atom is 0.284 e. The van der Waals surface area contributed by atoms with Crippen molar-refractivity contribution in [1.29, 1.82) is 0 Å². The van der Waals surface area contributed by atoms with Crippen LogP contribution in [0.5, 0.6) is 0 Å². The summed E-state index contributed by atoms with van der Waals surface area (Å²) in [6, 6.07) is 8.09. The number of anilines is 1. The lowest BCUT2D eigenvalue weighted by molar-refractivity contribution is -0.133. The molecule has 2 aliphatic carbocycles. The van der Waals surface area contributed by atoms with Crippen LogP contribution < -0.4 is 16.2 Å². The second-order valence-electron chi connectivity index (χ2n) is 8.34. The van der Waals surface area contributed by atoms with Gasteiger partial charge in [-0.15, -0.1) is 11.3 Å². The average molecular weight is 411 g/mol. The third kappa shape index (κ3) is 3.69. The predicted molar refractivity (Wildman–Crippen MR) is 113 cm³/mol. The van der Waals surface area contributed by atoms with Crippen molar-refractivity contribution in [3.8, 4) is 0 Å². The molecule has 1 aromatic carbocycles. The standard InChI is InChI=1S/C22H26N4O2S/c27-20-16-6-2-1-5-15(16)19(25-26-20)13-9-11-14(12-10-13)23-21(28)22-24-17-7-3-4-8-18(17)29-22/h9-12,15-16,19,25H,1-8H2,(H,23,28)(H,26,27). The van der Waals surface area contributed by atoms with Crippen LogP contribution in [0.2, 0.25) is 0 Å². The van der Waals surface area contributed by atoms with E-state index in [4.69, 9.17) is 0 Å². The minimum Gasteiger partial charge on any atom is -0.320 e. The Bertz CT molecular complexity index is 900. The SMILES string of the molecule is O=C(Nc1ccc(C2NNC(=O)C3CCCCC32)cc1)c1nc2c(s1)CCCC2. The number of benzene rings is 1. The van der Waals surface area contributed by atoms with Gasteiger partial charge in [-0.1, -0.05) is 25.0 Å². The number of hydrogen-bond acceptors (Lipinski definition) is 5. The van der Waals surface area contributed by atoms with Crippen molar-refractivity contribution in [3.63, 3.8) is 0 Å². The lowest BCUT2D eigenvalue weighted by atomic mass is 9.72. The van der Waals surface area contributed by atoms with Crippen LogP contribution in [0.3, 0.4) is 0 Å². The van der Waals surface area contributed by atoms with Crippen LogP contribution in [0, 0.1) is 11.8 Å². The highest BCUT2D eigenvalue weighted by atomic mass is 32.1. The van der Waals surface area contributed by atoms with E-state index < -0.39 is 0 Å². The first-order valence-electron chi connectivity index (χ1n) is 10.6. The average Bonchev–Trinajstić information content (AvgIpc) is 3.20. The van der Waals surface area contributed by atoms with Gasteiger partial charge in [-0.2, -0.15) is 0 Å². The summed E-state index contributed by atoms with van der Waals surface area (Å²) in [6.45, 7) is 0. The Labute approximate surface area is 174 Å². The van der Waals surface area contributed by atoms with Crippen molar-refractivity contribution < 1.29 is 9.59 Å². The number of fused-ring (bicyclic) bond motifs is 2. The largest absolute Gasteiger partial charge is 0.320 e. The molecule has 1 aromatic heterocycles. The van der Waals surface area contributed by atoms with E-state index in [0.29, 0.717) is 10.9 Å². The van der Waals surface area contributed by atoms with E-state index in [1.165, 1.54) is 29.1 Å². The molecule has 29 heavy (non-hydrogen) atoms. The normalized spacial score (nSPS) is 26.2. The van der Waals surface area contributed by atoms with Gasteiger partial charge in [0.1, 0.15) is 0 Å². The van der Waals surface area contributed by atoms with Gasteiger partial charge in [-0.25, -0.2) is 10.4 Å². The van der Waals surface area contributed by atoms with Crippen LogP contribution in [0.25, 0.3) is 0 Å². The molecule has 2 aromatic rings. The minimum absolute atomic E-state index is 0.102. The molecule has 6 nitrogen and oxygen atoms in total. The van der Waals surface area contributed by atoms with E-state index in [0.717, 1.165) is 55.5 Å². The topological polar surface area (TPSA) is 83.1 Å². The van der Waals surface area contributed by atoms with Gasteiger partial charge in [-0.05, 0) is 62.1 Å². The molecule has 7 heteroatoms. The Morgan fingerprint density at radius 3 is 2.69 bits per heavy atom. The highest BCUT2D eigenvalue weighted by Crippen LogP contribution is 2.40. The van der Waals surface area contributed by atoms with Gasteiger partial charge in [0.25, 0.3) is 5.91 Å². The smallest absolute Gasteiger partial charge is 0.284 e. The fraction of sp³-hybridized carbons (Fsp3) is 0.500. The zero-order valence-electron chi connectivity index (χ0n) is 16.4. The number of aryl methyl sites for hydroxylation is 2.